The van der Waals surface area contributed by atoms with Gasteiger partial charge in [-0.2, -0.15) is 0 Å². The van der Waals surface area contributed by atoms with Crippen LogP contribution in [0.15, 0.2) is 48.5 Å². The van der Waals surface area contributed by atoms with Gasteiger partial charge in [0.1, 0.15) is 18.1 Å². The van der Waals surface area contributed by atoms with Crippen LogP contribution < -0.4 is 15.4 Å². The third-order valence-corrected chi connectivity index (χ3v) is 3.98. The minimum absolute atomic E-state index is 0.0998. The highest BCUT2D eigenvalue weighted by Crippen LogP contribution is 2.18. The smallest absolute Gasteiger partial charge is 0.244 e. The normalized spacial score (nSPS) is 10.6. The molecule has 0 saturated heterocycles. The summed E-state index contributed by atoms with van der Waals surface area (Å²) in [6.07, 6.45) is 0. The number of imidazole rings is 1. The molecule has 0 fully saturated rings. The van der Waals surface area contributed by atoms with Crippen molar-refractivity contribution in [1.29, 1.82) is 0 Å². The van der Waals surface area contributed by atoms with E-state index < -0.39 is 0 Å². The number of ether oxygens (including phenoxy) is 1. The number of amides is 2. The summed E-state index contributed by atoms with van der Waals surface area (Å²) >= 11 is 0. The van der Waals surface area contributed by atoms with E-state index in [-0.39, 0.29) is 24.9 Å². The lowest BCUT2D eigenvalue weighted by molar-refractivity contribution is -0.119. The first-order valence-corrected chi connectivity index (χ1v) is 8.78. The maximum Gasteiger partial charge on any atom is 0.244 e. The quantitative estimate of drug-likeness (QED) is 0.673. The van der Waals surface area contributed by atoms with E-state index in [1.807, 2.05) is 47.9 Å². The zero-order valence-corrected chi connectivity index (χ0v) is 15.4. The number of para-hydroxylation sites is 2. The van der Waals surface area contributed by atoms with Gasteiger partial charge in [-0.25, -0.2) is 4.98 Å². The van der Waals surface area contributed by atoms with Crippen LogP contribution in [0.3, 0.4) is 0 Å². The molecule has 27 heavy (non-hydrogen) atoms. The number of carbonyl (C=O) groups excluding carboxylic acids is 2. The van der Waals surface area contributed by atoms with E-state index >= 15 is 0 Å². The Kier molecular flexibility index (Phi) is 5.71. The second-order valence-corrected chi connectivity index (χ2v) is 6.02. The maximum atomic E-state index is 12.5. The van der Waals surface area contributed by atoms with Gasteiger partial charge in [-0.1, -0.05) is 12.1 Å². The molecule has 7 nitrogen and oxygen atoms in total. The lowest BCUT2D eigenvalue weighted by Crippen LogP contribution is -2.24. The lowest BCUT2D eigenvalue weighted by Gasteiger charge is -2.11. The number of fused-ring (bicyclic) bond motifs is 1. The average molecular weight is 366 g/mol. The van der Waals surface area contributed by atoms with Crippen molar-refractivity contribution in [1.82, 2.24) is 14.9 Å². The summed E-state index contributed by atoms with van der Waals surface area (Å²) in [5, 5.41) is 5.61. The molecule has 0 aliphatic heterocycles. The van der Waals surface area contributed by atoms with Gasteiger partial charge in [0.25, 0.3) is 0 Å². The molecule has 0 unspecified atom stereocenters. The molecule has 0 atom stereocenters. The molecular formula is C20H22N4O3. The molecule has 0 spiro atoms. The monoisotopic (exact) mass is 366 g/mol. The van der Waals surface area contributed by atoms with E-state index in [1.165, 1.54) is 6.92 Å². The van der Waals surface area contributed by atoms with Gasteiger partial charge in [0, 0.05) is 12.6 Å². The van der Waals surface area contributed by atoms with Crippen molar-refractivity contribution in [2.45, 2.75) is 26.9 Å². The number of hydrogen-bond acceptors (Lipinski definition) is 4. The summed E-state index contributed by atoms with van der Waals surface area (Å²) < 4.78 is 7.22. The third-order valence-electron chi connectivity index (χ3n) is 3.98. The van der Waals surface area contributed by atoms with Crippen molar-refractivity contribution >= 4 is 28.5 Å². The van der Waals surface area contributed by atoms with Crippen molar-refractivity contribution in [2.24, 2.45) is 0 Å². The molecule has 2 amide bonds. The molecule has 7 heteroatoms. The molecule has 3 rings (SSSR count). The fraction of sp³-hybridized carbons (Fsp3) is 0.250. The van der Waals surface area contributed by atoms with Gasteiger partial charge in [0.2, 0.25) is 11.8 Å². The van der Waals surface area contributed by atoms with Crippen LogP contribution in [-0.2, 0) is 22.7 Å². The van der Waals surface area contributed by atoms with Gasteiger partial charge in [-0.15, -0.1) is 0 Å². The minimum Gasteiger partial charge on any atom is -0.494 e. The fourth-order valence-corrected chi connectivity index (χ4v) is 2.79. The molecule has 1 heterocycles. The van der Waals surface area contributed by atoms with Crippen molar-refractivity contribution in [2.75, 3.05) is 11.9 Å². The van der Waals surface area contributed by atoms with Gasteiger partial charge in [-0.05, 0) is 43.3 Å². The van der Waals surface area contributed by atoms with E-state index in [9.17, 15) is 9.59 Å². The number of carbonyl (C=O) groups is 2. The highest BCUT2D eigenvalue weighted by Gasteiger charge is 2.14. The van der Waals surface area contributed by atoms with Crippen LogP contribution in [0.2, 0.25) is 0 Å². The molecule has 0 saturated carbocycles. The molecule has 0 aliphatic carbocycles. The molecular weight excluding hydrogens is 344 g/mol. The van der Waals surface area contributed by atoms with Crippen molar-refractivity contribution < 1.29 is 14.3 Å². The van der Waals surface area contributed by atoms with Gasteiger partial charge in [-0.3, -0.25) is 9.59 Å². The highest BCUT2D eigenvalue weighted by atomic mass is 16.5. The topological polar surface area (TPSA) is 85.2 Å². The summed E-state index contributed by atoms with van der Waals surface area (Å²) in [4.78, 5) is 28.3. The SMILES string of the molecule is CCOc1ccc(NC(=O)Cn2c(CNC(C)=O)nc3ccccc32)cc1. The molecule has 2 N–H and O–H groups in total. The second-order valence-electron chi connectivity index (χ2n) is 6.02. The lowest BCUT2D eigenvalue weighted by atomic mass is 10.3. The predicted molar refractivity (Wildman–Crippen MR) is 103 cm³/mol. The Balaban J connectivity index is 1.76. The van der Waals surface area contributed by atoms with Crippen molar-refractivity contribution in [3.05, 3.63) is 54.4 Å². The first-order chi connectivity index (χ1) is 13.1. The number of rotatable bonds is 7. The van der Waals surface area contributed by atoms with Crippen LogP contribution in [0.5, 0.6) is 5.75 Å². The molecule has 2 aromatic carbocycles. The molecule has 0 radical (unpaired) electrons. The summed E-state index contributed by atoms with van der Waals surface area (Å²) in [6, 6.07) is 14.8. The zero-order chi connectivity index (χ0) is 19.2. The zero-order valence-electron chi connectivity index (χ0n) is 15.4. The minimum atomic E-state index is -0.175. The predicted octanol–water partition coefficient (Wildman–Crippen LogP) is 2.71. The van der Waals surface area contributed by atoms with Crippen LogP contribution in [-0.4, -0.2) is 28.0 Å². The Morgan fingerprint density at radius 2 is 1.85 bits per heavy atom. The number of nitrogens with zero attached hydrogens (tertiary/aromatic N) is 2. The third kappa shape index (κ3) is 4.63. The Morgan fingerprint density at radius 1 is 1.11 bits per heavy atom. The number of hydrogen-bond donors (Lipinski definition) is 2. The largest absolute Gasteiger partial charge is 0.494 e. The Labute approximate surface area is 157 Å². The number of anilines is 1. The number of nitrogens with one attached hydrogen (secondary N) is 2. The van der Waals surface area contributed by atoms with E-state index in [1.54, 1.807) is 12.1 Å². The summed E-state index contributed by atoms with van der Waals surface area (Å²) in [6.45, 7) is 4.33. The van der Waals surface area contributed by atoms with Gasteiger partial charge < -0.3 is 19.9 Å². The summed E-state index contributed by atoms with van der Waals surface area (Å²) in [7, 11) is 0. The van der Waals surface area contributed by atoms with Crippen LogP contribution in [0.25, 0.3) is 11.0 Å². The summed E-state index contributed by atoms with van der Waals surface area (Å²) in [5.74, 6) is 1.07. The van der Waals surface area contributed by atoms with Gasteiger partial charge in [0.05, 0.1) is 24.2 Å². The van der Waals surface area contributed by atoms with Crippen molar-refractivity contribution in [3.8, 4) is 5.75 Å². The second kappa shape index (κ2) is 8.35. The molecule has 0 aliphatic rings. The maximum absolute atomic E-state index is 12.5. The Bertz CT molecular complexity index is 948. The first-order valence-electron chi connectivity index (χ1n) is 8.78. The van der Waals surface area contributed by atoms with Gasteiger partial charge in [0.15, 0.2) is 0 Å². The van der Waals surface area contributed by atoms with Crippen LogP contribution >= 0.6 is 0 Å². The Morgan fingerprint density at radius 3 is 2.56 bits per heavy atom. The van der Waals surface area contributed by atoms with Crippen LogP contribution in [0.1, 0.15) is 19.7 Å². The summed E-state index contributed by atoms with van der Waals surface area (Å²) in [5.41, 5.74) is 2.32. The average Bonchev–Trinajstić information content (AvgIpc) is 2.99. The van der Waals surface area contributed by atoms with Crippen molar-refractivity contribution in [3.63, 3.8) is 0 Å². The number of aromatic nitrogens is 2. The molecule has 0 bridgehead atoms. The number of benzene rings is 2. The van der Waals surface area contributed by atoms with E-state index in [0.717, 1.165) is 16.8 Å². The van der Waals surface area contributed by atoms with E-state index in [2.05, 4.69) is 15.6 Å². The molecule has 1 aromatic heterocycles. The first kappa shape index (κ1) is 18.4. The molecule has 140 valence electrons. The highest BCUT2D eigenvalue weighted by molar-refractivity contribution is 5.91. The van der Waals surface area contributed by atoms with E-state index in [4.69, 9.17) is 4.74 Å². The molecule has 3 aromatic rings. The van der Waals surface area contributed by atoms with E-state index in [0.29, 0.717) is 18.1 Å². The standard InChI is InChI=1S/C20H22N4O3/c1-3-27-16-10-8-15(9-11-16)22-20(26)13-24-18-7-5-4-6-17(18)23-19(24)12-21-14(2)25/h4-11H,3,12-13H2,1-2H3,(H,21,25)(H,22,26). The Hall–Kier alpha value is -3.35. The van der Waals surface area contributed by atoms with Crippen LogP contribution in [0, 0.1) is 0 Å². The van der Waals surface area contributed by atoms with Gasteiger partial charge >= 0.3 is 0 Å². The van der Waals surface area contributed by atoms with Crippen LogP contribution in [0.4, 0.5) is 5.69 Å². The fourth-order valence-electron chi connectivity index (χ4n) is 2.79.